The van der Waals surface area contributed by atoms with Crippen molar-refractivity contribution in [1.29, 1.82) is 0 Å². The molecular weight excluding hydrogens is 146 g/mol. The molecule has 1 aliphatic rings. The van der Waals surface area contributed by atoms with Crippen molar-refractivity contribution in [2.75, 3.05) is 0 Å². The molecule has 4 nitrogen and oxygen atoms in total. The molecule has 0 aliphatic heterocycles. The molecule has 0 saturated heterocycles. The molecular formula is C7H9NO3. The lowest BCUT2D eigenvalue weighted by atomic mass is 10.3. The van der Waals surface area contributed by atoms with Gasteiger partial charge in [-0.15, -0.1) is 0 Å². The van der Waals surface area contributed by atoms with E-state index in [-0.39, 0.29) is 11.8 Å². The molecule has 1 saturated carbocycles. The summed E-state index contributed by atoms with van der Waals surface area (Å²) >= 11 is 0. The van der Waals surface area contributed by atoms with Crippen LogP contribution in [-0.2, 0) is 9.59 Å². The maximum absolute atomic E-state index is 10.3. The van der Waals surface area contributed by atoms with E-state index in [1.165, 1.54) is 6.08 Å². The minimum Gasteiger partial charge on any atom is -0.481 e. The number of aliphatic carboxylic acids is 1. The number of carbonyl (C=O) groups is 2. The van der Waals surface area contributed by atoms with Gasteiger partial charge in [-0.05, 0) is 18.4 Å². The first-order chi connectivity index (χ1) is 5.11. The van der Waals surface area contributed by atoms with Crippen molar-refractivity contribution in [3.63, 3.8) is 0 Å². The molecule has 60 valence electrons. The third-order valence-electron chi connectivity index (χ3n) is 1.66. The number of primary amides is 1. The molecule has 3 N–H and O–H groups in total. The summed E-state index contributed by atoms with van der Waals surface area (Å²) in [7, 11) is 0. The number of nitrogens with two attached hydrogens (primary N) is 1. The maximum atomic E-state index is 10.3. The van der Waals surface area contributed by atoms with Gasteiger partial charge >= 0.3 is 5.97 Å². The highest BCUT2D eigenvalue weighted by Gasteiger charge is 2.41. The van der Waals surface area contributed by atoms with E-state index in [0.29, 0.717) is 6.42 Å². The van der Waals surface area contributed by atoms with E-state index < -0.39 is 11.9 Å². The standard InChI is InChI=1S/C7H9NO3/c8-6(9)2-1-4-3-5(4)7(10)11/h1-2,4-5H,3H2,(H2,8,9)(H,10,11)/b2-1-/t4-,5-/m1/s1. The molecule has 0 aromatic heterocycles. The minimum absolute atomic E-state index is 0.0139. The van der Waals surface area contributed by atoms with E-state index in [4.69, 9.17) is 10.8 Å². The fraction of sp³-hybridized carbons (Fsp3) is 0.429. The van der Waals surface area contributed by atoms with Gasteiger partial charge in [0.15, 0.2) is 0 Å². The van der Waals surface area contributed by atoms with Crippen molar-refractivity contribution in [2.45, 2.75) is 6.42 Å². The largest absolute Gasteiger partial charge is 0.481 e. The Balaban J connectivity index is 2.34. The smallest absolute Gasteiger partial charge is 0.307 e. The van der Waals surface area contributed by atoms with Crippen LogP contribution >= 0.6 is 0 Å². The normalized spacial score (nSPS) is 28.7. The summed E-state index contributed by atoms with van der Waals surface area (Å²) in [5, 5.41) is 8.44. The van der Waals surface area contributed by atoms with Gasteiger partial charge in [-0.3, -0.25) is 9.59 Å². The molecule has 1 fully saturated rings. The molecule has 1 rings (SSSR count). The highest BCUT2D eigenvalue weighted by Crippen LogP contribution is 2.39. The first-order valence-corrected chi connectivity index (χ1v) is 3.31. The zero-order valence-corrected chi connectivity index (χ0v) is 5.86. The Hall–Kier alpha value is -1.32. The molecule has 1 aliphatic carbocycles. The SMILES string of the molecule is NC(=O)/C=C\[C@@H]1C[C@H]1C(=O)O. The number of hydrogen-bond donors (Lipinski definition) is 2. The van der Waals surface area contributed by atoms with Crippen molar-refractivity contribution < 1.29 is 14.7 Å². The van der Waals surface area contributed by atoms with Crippen molar-refractivity contribution in [2.24, 2.45) is 17.6 Å². The van der Waals surface area contributed by atoms with Gasteiger partial charge in [0, 0.05) is 0 Å². The van der Waals surface area contributed by atoms with Gasteiger partial charge < -0.3 is 10.8 Å². The average Bonchev–Trinajstić information content (AvgIpc) is 2.61. The van der Waals surface area contributed by atoms with E-state index >= 15 is 0 Å². The van der Waals surface area contributed by atoms with Crippen LogP contribution in [0.3, 0.4) is 0 Å². The third kappa shape index (κ3) is 2.07. The minimum atomic E-state index is -0.802. The van der Waals surface area contributed by atoms with E-state index in [9.17, 15) is 9.59 Å². The number of carboxylic acid groups (broad SMARTS) is 1. The van der Waals surface area contributed by atoms with Gasteiger partial charge in [0.25, 0.3) is 0 Å². The van der Waals surface area contributed by atoms with Crippen molar-refractivity contribution in [3.8, 4) is 0 Å². The highest BCUT2D eigenvalue weighted by atomic mass is 16.4. The quantitative estimate of drug-likeness (QED) is 0.551. The fourth-order valence-electron chi connectivity index (χ4n) is 0.930. The Morgan fingerprint density at radius 3 is 2.55 bits per heavy atom. The van der Waals surface area contributed by atoms with Crippen LogP contribution in [0.15, 0.2) is 12.2 Å². The van der Waals surface area contributed by atoms with Gasteiger partial charge in [0.05, 0.1) is 5.92 Å². The van der Waals surface area contributed by atoms with E-state index in [0.717, 1.165) is 0 Å². The second kappa shape index (κ2) is 2.74. The highest BCUT2D eigenvalue weighted by molar-refractivity contribution is 5.86. The molecule has 0 unspecified atom stereocenters. The van der Waals surface area contributed by atoms with Gasteiger partial charge in [-0.2, -0.15) is 0 Å². The maximum Gasteiger partial charge on any atom is 0.307 e. The van der Waals surface area contributed by atoms with Gasteiger partial charge in [-0.25, -0.2) is 0 Å². The Morgan fingerprint density at radius 2 is 2.18 bits per heavy atom. The predicted molar refractivity (Wildman–Crippen MR) is 37.6 cm³/mol. The fourth-order valence-corrected chi connectivity index (χ4v) is 0.930. The van der Waals surface area contributed by atoms with E-state index in [2.05, 4.69) is 0 Å². The first-order valence-electron chi connectivity index (χ1n) is 3.31. The van der Waals surface area contributed by atoms with Gasteiger partial charge in [0.1, 0.15) is 0 Å². The molecule has 1 amide bonds. The van der Waals surface area contributed by atoms with Crippen LogP contribution in [0.4, 0.5) is 0 Å². The molecule has 0 spiro atoms. The second-order valence-corrected chi connectivity index (χ2v) is 2.61. The molecule has 0 aromatic carbocycles. The second-order valence-electron chi connectivity index (χ2n) is 2.61. The van der Waals surface area contributed by atoms with E-state index in [1.54, 1.807) is 6.08 Å². The summed E-state index contributed by atoms with van der Waals surface area (Å²) < 4.78 is 0. The molecule has 0 radical (unpaired) electrons. The summed E-state index contributed by atoms with van der Waals surface area (Å²) in [6.07, 6.45) is 3.40. The lowest BCUT2D eigenvalue weighted by molar-refractivity contribution is -0.138. The number of allylic oxidation sites excluding steroid dienone is 1. The van der Waals surface area contributed by atoms with Crippen molar-refractivity contribution >= 4 is 11.9 Å². The molecule has 0 aromatic rings. The van der Waals surface area contributed by atoms with Gasteiger partial charge in [0.2, 0.25) is 5.91 Å². The Morgan fingerprint density at radius 1 is 1.55 bits per heavy atom. The molecule has 4 heteroatoms. The van der Waals surface area contributed by atoms with Crippen LogP contribution in [-0.4, -0.2) is 17.0 Å². The Kier molecular flexibility index (Phi) is 1.94. The number of rotatable bonds is 3. The van der Waals surface area contributed by atoms with Crippen LogP contribution in [0.25, 0.3) is 0 Å². The first kappa shape index (κ1) is 7.78. The zero-order valence-electron chi connectivity index (χ0n) is 5.86. The van der Waals surface area contributed by atoms with Crippen LogP contribution in [0.2, 0.25) is 0 Å². The third-order valence-corrected chi connectivity index (χ3v) is 1.66. The van der Waals surface area contributed by atoms with Crippen molar-refractivity contribution in [1.82, 2.24) is 0 Å². The number of carboxylic acids is 1. The van der Waals surface area contributed by atoms with Gasteiger partial charge in [-0.1, -0.05) is 6.08 Å². The van der Waals surface area contributed by atoms with Crippen LogP contribution < -0.4 is 5.73 Å². The van der Waals surface area contributed by atoms with Crippen LogP contribution in [0.5, 0.6) is 0 Å². The monoisotopic (exact) mass is 155 g/mol. The van der Waals surface area contributed by atoms with Crippen molar-refractivity contribution in [3.05, 3.63) is 12.2 Å². The number of carbonyl (C=O) groups excluding carboxylic acids is 1. The summed E-state index contributed by atoms with van der Waals surface area (Å²) in [4.78, 5) is 20.5. The van der Waals surface area contributed by atoms with E-state index in [1.807, 2.05) is 0 Å². The predicted octanol–water partition coefficient (Wildman–Crippen LogP) is -0.251. The number of amides is 1. The molecule has 11 heavy (non-hydrogen) atoms. The lowest BCUT2D eigenvalue weighted by Gasteiger charge is -1.84. The molecule has 0 heterocycles. The Bertz CT molecular complexity index is 222. The molecule has 2 atom stereocenters. The summed E-state index contributed by atoms with van der Waals surface area (Å²) in [5.41, 5.74) is 4.82. The topological polar surface area (TPSA) is 80.4 Å². The Labute approximate surface area is 63.7 Å². The lowest BCUT2D eigenvalue weighted by Crippen LogP contribution is -2.06. The summed E-state index contributed by atoms with van der Waals surface area (Å²) in [6, 6.07) is 0. The summed E-state index contributed by atoms with van der Waals surface area (Å²) in [6.45, 7) is 0. The average molecular weight is 155 g/mol. The number of hydrogen-bond acceptors (Lipinski definition) is 2. The molecule has 0 bridgehead atoms. The van der Waals surface area contributed by atoms with Crippen LogP contribution in [0, 0.1) is 11.8 Å². The zero-order chi connectivity index (χ0) is 8.43. The summed E-state index contributed by atoms with van der Waals surface area (Å²) in [5.74, 6) is -1.62. The van der Waals surface area contributed by atoms with Crippen LogP contribution in [0.1, 0.15) is 6.42 Å².